The summed E-state index contributed by atoms with van der Waals surface area (Å²) in [5, 5.41) is 11.7. The third kappa shape index (κ3) is 3.82. The summed E-state index contributed by atoms with van der Waals surface area (Å²) < 4.78 is 4.94. The zero-order valence-corrected chi connectivity index (χ0v) is 15.6. The van der Waals surface area contributed by atoms with Crippen LogP contribution in [0.3, 0.4) is 0 Å². The number of nitriles is 1. The van der Waals surface area contributed by atoms with E-state index >= 15 is 0 Å². The summed E-state index contributed by atoms with van der Waals surface area (Å²) in [7, 11) is 0. The van der Waals surface area contributed by atoms with Crippen molar-refractivity contribution in [2.45, 2.75) is 39.3 Å². The molecule has 0 saturated carbocycles. The van der Waals surface area contributed by atoms with Gasteiger partial charge in [0, 0.05) is 0 Å². The van der Waals surface area contributed by atoms with E-state index < -0.39 is 41.9 Å². The van der Waals surface area contributed by atoms with Crippen molar-refractivity contribution in [1.29, 1.82) is 5.26 Å². The Bertz CT molecular complexity index is 807. The smallest absolute Gasteiger partial charge is 0.329 e. The van der Waals surface area contributed by atoms with E-state index in [1.807, 2.05) is 6.07 Å². The Kier molecular flexibility index (Phi) is 5.64. The molecule has 8 nitrogen and oxygen atoms in total. The second-order valence-electron chi connectivity index (χ2n) is 6.83. The molecule has 8 heteroatoms. The van der Waals surface area contributed by atoms with Gasteiger partial charge in [-0.05, 0) is 31.9 Å². The van der Waals surface area contributed by atoms with Crippen LogP contribution in [0.2, 0.25) is 0 Å². The average molecular weight is 371 g/mol. The van der Waals surface area contributed by atoms with Gasteiger partial charge in [-0.1, -0.05) is 26.0 Å². The van der Waals surface area contributed by atoms with E-state index in [0.717, 1.165) is 4.90 Å². The molecular formula is C19H21N3O5. The maximum Gasteiger partial charge on any atom is 0.329 e. The highest BCUT2D eigenvalue weighted by atomic mass is 16.5. The number of esters is 1. The van der Waals surface area contributed by atoms with Gasteiger partial charge in [-0.25, -0.2) is 4.79 Å². The number of fused-ring (bicyclic) bond motifs is 1. The van der Waals surface area contributed by atoms with Gasteiger partial charge in [-0.2, -0.15) is 5.26 Å². The van der Waals surface area contributed by atoms with Crippen molar-refractivity contribution in [2.24, 2.45) is 5.92 Å². The number of rotatable bonds is 6. The van der Waals surface area contributed by atoms with Crippen LogP contribution in [0.1, 0.15) is 48.4 Å². The molecule has 27 heavy (non-hydrogen) atoms. The van der Waals surface area contributed by atoms with Gasteiger partial charge in [0.1, 0.15) is 11.6 Å². The van der Waals surface area contributed by atoms with Crippen molar-refractivity contribution < 1.29 is 23.9 Å². The number of nitrogens with zero attached hydrogens (tertiary/aromatic N) is 2. The second kappa shape index (κ2) is 7.58. The lowest BCUT2D eigenvalue weighted by Gasteiger charge is -2.27. The first-order valence-corrected chi connectivity index (χ1v) is 8.48. The number of benzene rings is 1. The minimum Gasteiger partial charge on any atom is -0.454 e. The van der Waals surface area contributed by atoms with Crippen LogP contribution in [0.4, 0.5) is 0 Å². The normalized spacial score (nSPS) is 16.4. The Hall–Kier alpha value is -3.21. The Morgan fingerprint density at radius 3 is 2.15 bits per heavy atom. The largest absolute Gasteiger partial charge is 0.454 e. The number of nitrogens with one attached hydrogen (secondary N) is 1. The van der Waals surface area contributed by atoms with Crippen LogP contribution in [0.5, 0.6) is 0 Å². The number of imide groups is 1. The topological polar surface area (TPSA) is 117 Å². The van der Waals surface area contributed by atoms with Gasteiger partial charge in [0.05, 0.1) is 17.2 Å². The molecule has 0 fully saturated rings. The monoisotopic (exact) mass is 371 g/mol. The molecule has 0 radical (unpaired) electrons. The zero-order chi connectivity index (χ0) is 20.4. The maximum atomic E-state index is 12.4. The van der Waals surface area contributed by atoms with Gasteiger partial charge in [0.15, 0.2) is 6.61 Å². The standard InChI is InChI=1S/C19H21N3O5/c1-11(2)19(4,10-20)21-15(23)9-27-18(26)12(3)22-16(24)13-7-5-6-8-14(13)17(22)25/h5-8,11-12H,9H2,1-4H3,(H,21,23)/t12-,19+/m1/s1. The highest BCUT2D eigenvalue weighted by molar-refractivity contribution is 6.22. The van der Waals surface area contributed by atoms with Crippen molar-refractivity contribution in [3.8, 4) is 6.07 Å². The van der Waals surface area contributed by atoms with Gasteiger partial charge in [-0.15, -0.1) is 0 Å². The van der Waals surface area contributed by atoms with Crippen molar-refractivity contribution in [1.82, 2.24) is 10.2 Å². The van der Waals surface area contributed by atoms with Gasteiger partial charge >= 0.3 is 5.97 Å². The number of carbonyl (C=O) groups is 4. The highest BCUT2D eigenvalue weighted by Gasteiger charge is 2.41. The minimum absolute atomic E-state index is 0.153. The van der Waals surface area contributed by atoms with Crippen LogP contribution in [0.15, 0.2) is 24.3 Å². The number of amides is 3. The van der Waals surface area contributed by atoms with Crippen LogP contribution >= 0.6 is 0 Å². The number of hydrogen-bond acceptors (Lipinski definition) is 6. The van der Waals surface area contributed by atoms with Crippen molar-refractivity contribution in [2.75, 3.05) is 6.61 Å². The van der Waals surface area contributed by atoms with Gasteiger partial charge in [-0.3, -0.25) is 19.3 Å². The summed E-state index contributed by atoms with van der Waals surface area (Å²) in [6.07, 6.45) is 0. The number of hydrogen-bond donors (Lipinski definition) is 1. The van der Waals surface area contributed by atoms with Gasteiger partial charge < -0.3 is 10.1 Å². The number of ether oxygens (including phenoxy) is 1. The number of carbonyl (C=O) groups excluding carboxylic acids is 4. The van der Waals surface area contributed by atoms with Gasteiger partial charge in [0.25, 0.3) is 17.7 Å². The fourth-order valence-corrected chi connectivity index (χ4v) is 2.55. The molecule has 3 amide bonds. The summed E-state index contributed by atoms with van der Waals surface area (Å²) in [5.41, 5.74) is -0.652. The van der Waals surface area contributed by atoms with E-state index in [1.54, 1.807) is 32.9 Å². The highest BCUT2D eigenvalue weighted by Crippen LogP contribution is 2.24. The van der Waals surface area contributed by atoms with E-state index in [0.29, 0.717) is 0 Å². The van der Waals surface area contributed by atoms with E-state index in [9.17, 15) is 24.4 Å². The fourth-order valence-electron chi connectivity index (χ4n) is 2.55. The molecule has 0 spiro atoms. The van der Waals surface area contributed by atoms with Gasteiger partial charge in [0.2, 0.25) is 0 Å². The Morgan fingerprint density at radius 2 is 1.70 bits per heavy atom. The average Bonchev–Trinajstić information content (AvgIpc) is 2.90. The predicted octanol–water partition coefficient (Wildman–Crippen LogP) is 1.27. The Morgan fingerprint density at radius 1 is 1.19 bits per heavy atom. The molecule has 1 aromatic rings. The molecule has 1 aliphatic rings. The summed E-state index contributed by atoms with van der Waals surface area (Å²) in [6, 6.07) is 7.11. The first-order chi connectivity index (χ1) is 12.6. The lowest BCUT2D eigenvalue weighted by atomic mass is 9.90. The summed E-state index contributed by atoms with van der Waals surface area (Å²) in [5.74, 6) is -2.85. The van der Waals surface area contributed by atoms with Crippen molar-refractivity contribution in [3.63, 3.8) is 0 Å². The van der Waals surface area contributed by atoms with E-state index in [1.165, 1.54) is 19.1 Å². The van der Waals surface area contributed by atoms with Crippen molar-refractivity contribution >= 4 is 23.7 Å². The molecule has 1 heterocycles. The van der Waals surface area contributed by atoms with Crippen LogP contribution in [-0.2, 0) is 14.3 Å². The lowest BCUT2D eigenvalue weighted by Crippen LogP contribution is -2.50. The van der Waals surface area contributed by atoms with E-state index in [-0.39, 0.29) is 17.0 Å². The Labute approximate surface area is 157 Å². The minimum atomic E-state index is -1.18. The maximum absolute atomic E-state index is 12.4. The van der Waals surface area contributed by atoms with Crippen LogP contribution in [0.25, 0.3) is 0 Å². The first-order valence-electron chi connectivity index (χ1n) is 8.48. The molecule has 1 aliphatic heterocycles. The quantitative estimate of drug-likeness (QED) is 0.594. The molecule has 0 aliphatic carbocycles. The molecule has 0 unspecified atom stereocenters. The Balaban J connectivity index is 1.99. The fraction of sp³-hybridized carbons (Fsp3) is 0.421. The molecular weight excluding hydrogens is 350 g/mol. The molecule has 2 rings (SSSR count). The molecule has 1 aromatic carbocycles. The SMILES string of the molecule is CC(C)[C@](C)(C#N)NC(=O)COC(=O)[C@@H](C)N1C(=O)c2ccccc2C1=O. The summed E-state index contributed by atoms with van der Waals surface area (Å²) >= 11 is 0. The summed E-state index contributed by atoms with van der Waals surface area (Å²) in [6.45, 7) is 5.87. The molecule has 1 N–H and O–H groups in total. The third-order valence-electron chi connectivity index (χ3n) is 4.69. The second-order valence-corrected chi connectivity index (χ2v) is 6.83. The van der Waals surface area contributed by atoms with Crippen molar-refractivity contribution in [3.05, 3.63) is 35.4 Å². The molecule has 0 bridgehead atoms. The van der Waals surface area contributed by atoms with E-state index in [4.69, 9.17) is 4.74 Å². The van der Waals surface area contributed by atoms with Crippen LogP contribution < -0.4 is 5.32 Å². The predicted molar refractivity (Wildman–Crippen MR) is 94.4 cm³/mol. The third-order valence-corrected chi connectivity index (χ3v) is 4.69. The van der Waals surface area contributed by atoms with Crippen LogP contribution in [-0.4, -0.2) is 46.8 Å². The zero-order valence-electron chi connectivity index (χ0n) is 15.6. The lowest BCUT2D eigenvalue weighted by molar-refractivity contribution is -0.152. The first kappa shape index (κ1) is 20.1. The summed E-state index contributed by atoms with van der Waals surface area (Å²) in [4.78, 5) is 49.8. The molecule has 0 saturated heterocycles. The molecule has 142 valence electrons. The molecule has 0 aromatic heterocycles. The van der Waals surface area contributed by atoms with E-state index in [2.05, 4.69) is 5.32 Å². The molecule has 2 atom stereocenters. The van der Waals surface area contributed by atoms with Crippen LogP contribution in [0, 0.1) is 17.2 Å².